The van der Waals surface area contributed by atoms with E-state index in [-0.39, 0.29) is 19.3 Å². The Morgan fingerprint density at radius 3 is 1.29 bits per heavy atom. The van der Waals surface area contributed by atoms with Gasteiger partial charge in [0.05, 0.1) is 0 Å². The average molecular weight is 426 g/mol. The minimum atomic E-state index is -1.04. The van der Waals surface area contributed by atoms with Gasteiger partial charge in [0.1, 0.15) is 0 Å². The number of rotatable bonds is 6. The van der Waals surface area contributed by atoms with Gasteiger partial charge in [-0.2, -0.15) is 0 Å². The number of hydrogen-bond donors (Lipinski definition) is 0. The van der Waals surface area contributed by atoms with Crippen LogP contribution in [0.4, 0.5) is 0 Å². The molecule has 0 fully saturated rings. The van der Waals surface area contributed by atoms with E-state index >= 15 is 0 Å². The molecule has 2 rings (SSSR count). The van der Waals surface area contributed by atoms with E-state index in [1.165, 1.54) is 12.1 Å². The predicted octanol–water partition coefficient (Wildman–Crippen LogP) is 4.66. The molecule has 2 aromatic carbocycles. The fourth-order valence-electron chi connectivity index (χ4n) is 3.00. The molecule has 0 aromatic heterocycles. The van der Waals surface area contributed by atoms with Gasteiger partial charge >= 0.3 is 141 Å². The molecule has 0 saturated carbocycles. The summed E-state index contributed by atoms with van der Waals surface area (Å²) in [6.07, 6.45) is 0. The van der Waals surface area contributed by atoms with E-state index in [0.717, 1.165) is 0 Å². The third-order valence-electron chi connectivity index (χ3n) is 3.50. The molecule has 3 heteroatoms. The van der Waals surface area contributed by atoms with Gasteiger partial charge in [-0.3, -0.25) is 0 Å². The van der Waals surface area contributed by atoms with Crippen molar-refractivity contribution in [3.8, 4) is 0 Å². The molecular formula is C18H26Si2Te. The van der Waals surface area contributed by atoms with E-state index in [9.17, 15) is 0 Å². The first-order valence-electron chi connectivity index (χ1n) is 7.64. The van der Waals surface area contributed by atoms with Crippen molar-refractivity contribution in [1.29, 1.82) is 0 Å². The first-order chi connectivity index (χ1) is 9.86. The Labute approximate surface area is 140 Å². The van der Waals surface area contributed by atoms with E-state index in [2.05, 4.69) is 86.9 Å². The van der Waals surface area contributed by atoms with Crippen LogP contribution in [0.1, 0.15) is 11.1 Å². The summed E-state index contributed by atoms with van der Waals surface area (Å²) in [5.41, 5.74) is 1.03. The summed E-state index contributed by atoms with van der Waals surface area (Å²) in [6.45, 7) is 10.5. The zero-order chi connectivity index (χ0) is 15.3. The van der Waals surface area contributed by atoms with E-state index in [1.807, 2.05) is 0 Å². The topological polar surface area (TPSA) is 0 Å². The van der Waals surface area contributed by atoms with Gasteiger partial charge in [0, 0.05) is 0 Å². The van der Waals surface area contributed by atoms with Gasteiger partial charge in [0.15, 0.2) is 0 Å². The minimum absolute atomic E-state index is 0.150. The summed E-state index contributed by atoms with van der Waals surface area (Å²) in [7, 11) is 0. The number of benzene rings is 2. The Morgan fingerprint density at radius 2 is 0.952 bits per heavy atom. The molecule has 112 valence electrons. The molecule has 0 N–H and O–H groups in total. The maximum atomic E-state index is 2.63. The first kappa shape index (κ1) is 17.0. The molecule has 0 radical (unpaired) electrons. The van der Waals surface area contributed by atoms with Crippen molar-refractivity contribution in [1.82, 2.24) is 0 Å². The third kappa shape index (κ3) is 6.12. The molecule has 0 aliphatic carbocycles. The summed E-state index contributed by atoms with van der Waals surface area (Å²) in [5, 5.41) is 0. The van der Waals surface area contributed by atoms with E-state index in [4.69, 9.17) is 0 Å². The van der Waals surface area contributed by atoms with E-state index < -0.39 is 11.2 Å². The van der Waals surface area contributed by atoms with Crippen LogP contribution in [0.3, 0.4) is 0 Å². The van der Waals surface area contributed by atoms with Crippen molar-refractivity contribution >= 4 is 30.6 Å². The summed E-state index contributed by atoms with van der Waals surface area (Å²) < 4.78 is 0. The molecular weight excluding hydrogens is 400 g/mol. The van der Waals surface area contributed by atoms with Gasteiger partial charge in [0.2, 0.25) is 0 Å². The third-order valence-corrected chi connectivity index (χ3v) is 41.3. The summed E-state index contributed by atoms with van der Waals surface area (Å²) >= 11 is 0.150. The van der Waals surface area contributed by atoms with Crippen molar-refractivity contribution in [2.45, 2.75) is 38.3 Å². The molecule has 0 amide bonds. The Bertz CT molecular complexity index is 498. The van der Waals surface area contributed by atoms with Crippen LogP contribution in [0, 0.1) is 0 Å². The van der Waals surface area contributed by atoms with E-state index in [1.54, 1.807) is 11.1 Å². The van der Waals surface area contributed by atoms with Crippen LogP contribution in [0.25, 0.3) is 0 Å². The predicted molar refractivity (Wildman–Crippen MR) is 101 cm³/mol. The molecule has 21 heavy (non-hydrogen) atoms. The summed E-state index contributed by atoms with van der Waals surface area (Å²) in [5.74, 6) is 0. The van der Waals surface area contributed by atoms with Crippen molar-refractivity contribution in [3.63, 3.8) is 0 Å². The molecule has 0 nitrogen and oxygen atoms in total. The molecule has 0 atom stereocenters. The molecule has 0 aliphatic rings. The summed E-state index contributed by atoms with van der Waals surface area (Å²) in [6, 6.07) is 25.0. The van der Waals surface area contributed by atoms with Crippen LogP contribution in [-0.2, 0) is 12.1 Å². The first-order valence-corrected chi connectivity index (χ1v) is 20.9. The number of hydrogen-bond acceptors (Lipinski definition) is 0. The second kappa shape index (κ2) is 7.28. The SMILES string of the molecule is C[Si](C)(Cc1ccccc1)[Te][Si](C)(C)Cc1ccccc1. The van der Waals surface area contributed by atoms with Crippen LogP contribution < -0.4 is 0 Å². The average Bonchev–Trinajstić information content (AvgIpc) is 2.38. The molecule has 0 unspecified atom stereocenters. The Balaban J connectivity index is 2.01. The van der Waals surface area contributed by atoms with Crippen LogP contribution in [0.2, 0.25) is 26.2 Å². The van der Waals surface area contributed by atoms with Gasteiger partial charge < -0.3 is 0 Å². The van der Waals surface area contributed by atoms with Crippen molar-refractivity contribution in [2.75, 3.05) is 0 Å². The Morgan fingerprint density at radius 1 is 0.619 bits per heavy atom. The molecule has 0 aliphatic heterocycles. The monoisotopic (exact) mass is 428 g/mol. The second-order valence-electron chi connectivity index (χ2n) is 6.95. The Hall–Kier alpha value is -0.337. The van der Waals surface area contributed by atoms with Crippen LogP contribution in [0.5, 0.6) is 0 Å². The zero-order valence-corrected chi connectivity index (χ0v) is 17.9. The molecule has 0 bridgehead atoms. The van der Waals surface area contributed by atoms with Crippen LogP contribution >= 0.6 is 0 Å². The zero-order valence-electron chi connectivity index (χ0n) is 13.6. The van der Waals surface area contributed by atoms with Gasteiger partial charge in [0.25, 0.3) is 0 Å². The fourth-order valence-corrected chi connectivity index (χ4v) is 57.0. The molecule has 2 aromatic rings. The van der Waals surface area contributed by atoms with Gasteiger partial charge in [-0.25, -0.2) is 0 Å². The van der Waals surface area contributed by atoms with Crippen molar-refractivity contribution in [2.24, 2.45) is 0 Å². The van der Waals surface area contributed by atoms with Crippen LogP contribution in [-0.4, -0.2) is 30.6 Å². The maximum absolute atomic E-state index is 2.63. The van der Waals surface area contributed by atoms with Gasteiger partial charge in [-0.15, -0.1) is 0 Å². The van der Waals surface area contributed by atoms with Crippen molar-refractivity contribution < 1.29 is 0 Å². The Kier molecular flexibility index (Phi) is 5.91. The molecule has 0 saturated heterocycles. The fraction of sp³-hybridized carbons (Fsp3) is 0.333. The second-order valence-corrected chi connectivity index (χ2v) is 39.7. The van der Waals surface area contributed by atoms with Crippen molar-refractivity contribution in [3.05, 3.63) is 71.8 Å². The van der Waals surface area contributed by atoms with Gasteiger partial charge in [-0.1, -0.05) is 0 Å². The van der Waals surface area contributed by atoms with Gasteiger partial charge in [-0.05, 0) is 0 Å². The quantitative estimate of drug-likeness (QED) is 0.590. The van der Waals surface area contributed by atoms with E-state index in [0.29, 0.717) is 0 Å². The normalized spacial score (nSPS) is 12.4. The van der Waals surface area contributed by atoms with Crippen LogP contribution in [0.15, 0.2) is 60.7 Å². The summed E-state index contributed by atoms with van der Waals surface area (Å²) in [4.78, 5) is 0. The molecule has 0 spiro atoms. The molecule has 0 heterocycles. The standard InChI is InChI=1S/C18H26Si2Te/c1-19(2,15-17-11-7-5-8-12-17)21-20(3,4)16-18-13-9-6-10-14-18/h5-14H,15-16H2,1-4H3.